The summed E-state index contributed by atoms with van der Waals surface area (Å²) < 4.78 is 28.1. The highest BCUT2D eigenvalue weighted by Gasteiger charge is 2.34. The predicted molar refractivity (Wildman–Crippen MR) is 111 cm³/mol. The number of carbonyl (C=O) groups excluding carboxylic acids is 1. The standard InChI is InChI=1S/C22H24ClF2N3O/c23-18-11-16(6-7-20(18)26)28(12-15-2-1-3-19(24)22(15)25)17-8-9-27(13-17)21(29)10-14-4-5-14/h1-3,6-7,11,14,17H,4-5,8-10,12-13,26H2/t17-/m0/s1. The lowest BCUT2D eigenvalue weighted by Gasteiger charge is -2.32. The van der Waals surface area contributed by atoms with Crippen molar-refractivity contribution in [2.45, 2.75) is 38.3 Å². The van der Waals surface area contributed by atoms with Gasteiger partial charge in [-0.3, -0.25) is 4.79 Å². The van der Waals surface area contributed by atoms with Gasteiger partial charge >= 0.3 is 0 Å². The summed E-state index contributed by atoms with van der Waals surface area (Å²) in [6.07, 6.45) is 3.64. The minimum Gasteiger partial charge on any atom is -0.398 e. The Morgan fingerprint density at radius 3 is 2.72 bits per heavy atom. The first-order valence-electron chi connectivity index (χ1n) is 9.94. The molecule has 1 heterocycles. The van der Waals surface area contributed by atoms with Crippen molar-refractivity contribution in [3.05, 3.63) is 58.6 Å². The first-order chi connectivity index (χ1) is 13.9. The van der Waals surface area contributed by atoms with E-state index in [1.54, 1.807) is 18.2 Å². The van der Waals surface area contributed by atoms with E-state index in [1.165, 1.54) is 6.07 Å². The SMILES string of the molecule is Nc1ccc(N(Cc2cccc(F)c2F)[C@H]2CCN(C(=O)CC3CC3)C2)cc1Cl. The van der Waals surface area contributed by atoms with E-state index in [9.17, 15) is 13.6 Å². The number of nitrogens with zero attached hydrogens (tertiary/aromatic N) is 2. The number of likely N-dealkylation sites (tertiary alicyclic amines) is 1. The average Bonchev–Trinajstić information content (AvgIpc) is 3.37. The summed E-state index contributed by atoms with van der Waals surface area (Å²) in [5, 5.41) is 0.409. The highest BCUT2D eigenvalue weighted by atomic mass is 35.5. The van der Waals surface area contributed by atoms with Gasteiger partial charge in [0, 0.05) is 43.3 Å². The summed E-state index contributed by atoms with van der Waals surface area (Å²) in [6, 6.07) is 9.45. The second-order valence-corrected chi connectivity index (χ2v) is 8.38. The van der Waals surface area contributed by atoms with Crippen molar-refractivity contribution in [2.24, 2.45) is 5.92 Å². The molecule has 2 fully saturated rings. The molecule has 1 aliphatic heterocycles. The largest absolute Gasteiger partial charge is 0.398 e. The Kier molecular flexibility index (Phi) is 5.63. The van der Waals surface area contributed by atoms with Crippen LogP contribution < -0.4 is 10.6 Å². The van der Waals surface area contributed by atoms with E-state index in [2.05, 4.69) is 0 Å². The number of carbonyl (C=O) groups is 1. The number of benzene rings is 2. The van der Waals surface area contributed by atoms with Crippen molar-refractivity contribution in [1.82, 2.24) is 4.90 Å². The van der Waals surface area contributed by atoms with Crippen LogP contribution in [0.5, 0.6) is 0 Å². The monoisotopic (exact) mass is 419 g/mol. The van der Waals surface area contributed by atoms with E-state index < -0.39 is 11.6 Å². The summed E-state index contributed by atoms with van der Waals surface area (Å²) in [4.78, 5) is 16.4. The molecule has 0 unspecified atom stereocenters. The van der Waals surface area contributed by atoms with Crippen LogP contribution in [0, 0.1) is 17.6 Å². The van der Waals surface area contributed by atoms with Crippen LogP contribution in [-0.4, -0.2) is 29.9 Å². The number of halogens is 3. The van der Waals surface area contributed by atoms with Crippen LogP contribution in [-0.2, 0) is 11.3 Å². The number of nitrogens with two attached hydrogens (primary N) is 1. The van der Waals surface area contributed by atoms with Gasteiger partial charge < -0.3 is 15.5 Å². The van der Waals surface area contributed by atoms with Crippen LogP contribution in [0.15, 0.2) is 36.4 Å². The maximum atomic E-state index is 14.4. The van der Waals surface area contributed by atoms with E-state index in [4.69, 9.17) is 17.3 Å². The third kappa shape index (κ3) is 4.47. The molecule has 0 bridgehead atoms. The Balaban J connectivity index is 1.58. The fourth-order valence-corrected chi connectivity index (χ4v) is 4.08. The number of rotatable bonds is 6. The van der Waals surface area contributed by atoms with Crippen molar-refractivity contribution in [1.29, 1.82) is 0 Å². The summed E-state index contributed by atoms with van der Waals surface area (Å²) in [5.41, 5.74) is 7.34. The number of nitrogen functional groups attached to an aromatic ring is 1. The van der Waals surface area contributed by atoms with E-state index in [-0.39, 0.29) is 24.1 Å². The molecule has 4 nitrogen and oxygen atoms in total. The maximum Gasteiger partial charge on any atom is 0.222 e. The Hall–Kier alpha value is -2.34. The quantitative estimate of drug-likeness (QED) is 0.696. The molecule has 2 aliphatic rings. The minimum absolute atomic E-state index is 0.0134. The van der Waals surface area contributed by atoms with E-state index in [0.717, 1.165) is 31.0 Å². The highest BCUT2D eigenvalue weighted by molar-refractivity contribution is 6.33. The lowest BCUT2D eigenvalue weighted by atomic mass is 10.1. The van der Waals surface area contributed by atoms with E-state index in [1.807, 2.05) is 15.9 Å². The Labute approximate surface area is 174 Å². The van der Waals surface area contributed by atoms with Crippen LogP contribution in [0.4, 0.5) is 20.2 Å². The fourth-order valence-electron chi connectivity index (χ4n) is 3.90. The molecule has 0 spiro atoms. The Morgan fingerprint density at radius 1 is 1.21 bits per heavy atom. The van der Waals surface area contributed by atoms with Crippen LogP contribution in [0.25, 0.3) is 0 Å². The molecule has 4 rings (SSSR count). The summed E-state index contributed by atoms with van der Waals surface area (Å²) in [5.74, 6) is -0.999. The van der Waals surface area contributed by atoms with Gasteiger partial charge in [0.15, 0.2) is 11.6 Å². The molecule has 0 radical (unpaired) electrons. The van der Waals surface area contributed by atoms with Gasteiger partial charge in [0.05, 0.1) is 10.7 Å². The van der Waals surface area contributed by atoms with Crippen molar-refractivity contribution in [3.63, 3.8) is 0 Å². The van der Waals surface area contributed by atoms with Gasteiger partial charge in [-0.1, -0.05) is 23.7 Å². The molecule has 7 heteroatoms. The van der Waals surface area contributed by atoms with Gasteiger partial charge in [-0.15, -0.1) is 0 Å². The average molecular weight is 420 g/mol. The smallest absolute Gasteiger partial charge is 0.222 e. The van der Waals surface area contributed by atoms with Gasteiger partial charge in [0.2, 0.25) is 5.91 Å². The molecule has 2 aromatic carbocycles. The van der Waals surface area contributed by atoms with Gasteiger partial charge in [0.25, 0.3) is 0 Å². The van der Waals surface area contributed by atoms with Crippen molar-refractivity contribution >= 4 is 28.9 Å². The number of amides is 1. The molecule has 1 saturated carbocycles. The van der Waals surface area contributed by atoms with Crippen LogP contribution >= 0.6 is 11.6 Å². The predicted octanol–water partition coefficient (Wildman–Crippen LogP) is 4.61. The number of hydrogen-bond acceptors (Lipinski definition) is 3. The summed E-state index contributed by atoms with van der Waals surface area (Å²) in [6.45, 7) is 1.41. The lowest BCUT2D eigenvalue weighted by Crippen LogP contribution is -2.39. The fraction of sp³-hybridized carbons (Fsp3) is 0.409. The molecular formula is C22H24ClF2N3O. The molecule has 29 heavy (non-hydrogen) atoms. The molecule has 1 atom stereocenters. The normalized spacial score (nSPS) is 18.9. The highest BCUT2D eigenvalue weighted by Crippen LogP contribution is 2.34. The third-order valence-corrected chi connectivity index (χ3v) is 6.13. The Morgan fingerprint density at radius 2 is 2.00 bits per heavy atom. The lowest BCUT2D eigenvalue weighted by molar-refractivity contribution is -0.130. The molecule has 0 aromatic heterocycles. The van der Waals surface area contributed by atoms with Crippen LogP contribution in [0.1, 0.15) is 31.2 Å². The van der Waals surface area contributed by atoms with Crippen molar-refractivity contribution in [3.8, 4) is 0 Å². The van der Waals surface area contributed by atoms with Crippen LogP contribution in [0.2, 0.25) is 5.02 Å². The van der Waals surface area contributed by atoms with Gasteiger partial charge in [0.1, 0.15) is 0 Å². The molecule has 1 aliphatic carbocycles. The molecule has 1 saturated heterocycles. The van der Waals surface area contributed by atoms with Crippen molar-refractivity contribution in [2.75, 3.05) is 23.7 Å². The second kappa shape index (κ2) is 8.19. The molecule has 2 aromatic rings. The molecule has 154 valence electrons. The number of hydrogen-bond donors (Lipinski definition) is 1. The zero-order valence-electron chi connectivity index (χ0n) is 16.1. The molecular weight excluding hydrogens is 396 g/mol. The minimum atomic E-state index is -0.870. The number of anilines is 2. The maximum absolute atomic E-state index is 14.4. The van der Waals surface area contributed by atoms with Gasteiger partial charge in [-0.05, 0) is 49.4 Å². The summed E-state index contributed by atoms with van der Waals surface area (Å²) in [7, 11) is 0. The topological polar surface area (TPSA) is 49.6 Å². The molecule has 1 amide bonds. The third-order valence-electron chi connectivity index (χ3n) is 5.81. The molecule has 2 N–H and O–H groups in total. The zero-order chi connectivity index (χ0) is 20.5. The second-order valence-electron chi connectivity index (χ2n) is 7.98. The first-order valence-corrected chi connectivity index (χ1v) is 10.3. The zero-order valence-corrected chi connectivity index (χ0v) is 16.8. The van der Waals surface area contributed by atoms with Crippen molar-refractivity contribution < 1.29 is 13.6 Å². The van der Waals surface area contributed by atoms with Crippen LogP contribution in [0.3, 0.4) is 0 Å². The van der Waals surface area contributed by atoms with E-state index >= 15 is 0 Å². The summed E-state index contributed by atoms with van der Waals surface area (Å²) >= 11 is 6.22. The first kappa shape index (κ1) is 20.0. The van der Waals surface area contributed by atoms with Gasteiger partial charge in [-0.25, -0.2) is 8.78 Å². The van der Waals surface area contributed by atoms with E-state index in [0.29, 0.717) is 36.1 Å². The Bertz CT molecular complexity index is 919. The van der Waals surface area contributed by atoms with Gasteiger partial charge in [-0.2, -0.15) is 0 Å².